The maximum atomic E-state index is 12.2. The Morgan fingerprint density at radius 2 is 2.20 bits per heavy atom. The zero-order valence-corrected chi connectivity index (χ0v) is 12.1. The smallest absolute Gasteiger partial charge is 0.261 e. The molecule has 0 atom stereocenters. The van der Waals surface area contributed by atoms with E-state index in [1.54, 1.807) is 6.92 Å². The van der Waals surface area contributed by atoms with Crippen molar-refractivity contribution in [3.63, 3.8) is 0 Å². The number of nitrogens with one attached hydrogen (secondary N) is 1. The van der Waals surface area contributed by atoms with Gasteiger partial charge in [-0.05, 0) is 26.2 Å². The summed E-state index contributed by atoms with van der Waals surface area (Å²) in [4.78, 5) is 29.1. The third kappa shape index (κ3) is 2.27. The Morgan fingerprint density at radius 1 is 1.40 bits per heavy atom. The Morgan fingerprint density at radius 3 is 2.85 bits per heavy atom. The number of carbonyl (C=O) groups excluding carboxylic acids is 2. The molecule has 1 aliphatic rings. The van der Waals surface area contributed by atoms with Gasteiger partial charge >= 0.3 is 0 Å². The molecule has 0 fully saturated rings. The monoisotopic (exact) mass is 290 g/mol. The van der Waals surface area contributed by atoms with Gasteiger partial charge in [0.15, 0.2) is 16.7 Å². The van der Waals surface area contributed by atoms with Gasteiger partial charge in [-0.3, -0.25) is 14.9 Å². The quantitative estimate of drug-likeness (QED) is 0.882. The number of aryl methyl sites for hydroxylation is 3. The van der Waals surface area contributed by atoms with Crippen LogP contribution < -0.4 is 5.32 Å². The lowest BCUT2D eigenvalue weighted by Crippen LogP contribution is -2.12. The van der Waals surface area contributed by atoms with Crippen LogP contribution in [0.25, 0.3) is 0 Å². The summed E-state index contributed by atoms with van der Waals surface area (Å²) in [5, 5.41) is 3.39. The van der Waals surface area contributed by atoms with Gasteiger partial charge in [0, 0.05) is 17.9 Å². The van der Waals surface area contributed by atoms with Crippen molar-refractivity contribution in [1.82, 2.24) is 4.98 Å². The highest BCUT2D eigenvalue weighted by Crippen LogP contribution is 2.30. The molecule has 0 unspecified atom stereocenters. The first-order chi connectivity index (χ1) is 9.54. The largest absolute Gasteiger partial charge is 0.457 e. The van der Waals surface area contributed by atoms with Crippen molar-refractivity contribution in [3.8, 4) is 0 Å². The first-order valence-corrected chi connectivity index (χ1v) is 7.27. The summed E-state index contributed by atoms with van der Waals surface area (Å²) in [6, 6.07) is 1.48. The van der Waals surface area contributed by atoms with E-state index in [0.29, 0.717) is 16.5 Å². The van der Waals surface area contributed by atoms with E-state index in [2.05, 4.69) is 10.3 Å². The molecule has 20 heavy (non-hydrogen) atoms. The molecule has 3 rings (SSSR count). The standard InChI is InChI=1S/C14H14N2O3S/c1-7(17)11-6-9(8(2)19-11)13(18)16-14-15-10-4-3-5-12(10)20-14/h6H,3-5H2,1-2H3,(H,15,16,18). The molecule has 2 heterocycles. The molecule has 2 aromatic rings. The molecule has 0 bridgehead atoms. The summed E-state index contributed by atoms with van der Waals surface area (Å²) >= 11 is 1.52. The maximum Gasteiger partial charge on any atom is 0.261 e. The molecule has 0 saturated carbocycles. The van der Waals surface area contributed by atoms with Crippen LogP contribution in [-0.2, 0) is 12.8 Å². The summed E-state index contributed by atoms with van der Waals surface area (Å²) in [6.45, 7) is 3.08. The summed E-state index contributed by atoms with van der Waals surface area (Å²) in [5.74, 6) is 0.164. The third-order valence-corrected chi connectivity index (χ3v) is 4.40. The van der Waals surface area contributed by atoms with Gasteiger partial charge in [-0.25, -0.2) is 4.98 Å². The summed E-state index contributed by atoms with van der Waals surface area (Å²) < 4.78 is 5.27. The summed E-state index contributed by atoms with van der Waals surface area (Å²) in [6.07, 6.45) is 3.17. The fourth-order valence-electron chi connectivity index (χ4n) is 2.29. The number of ketones is 1. The predicted molar refractivity (Wildman–Crippen MR) is 75.5 cm³/mol. The number of nitrogens with zero attached hydrogens (tertiary/aromatic N) is 1. The molecule has 104 valence electrons. The van der Waals surface area contributed by atoms with E-state index in [1.807, 2.05) is 0 Å². The van der Waals surface area contributed by atoms with E-state index in [9.17, 15) is 9.59 Å². The highest BCUT2D eigenvalue weighted by atomic mass is 32.1. The first-order valence-electron chi connectivity index (χ1n) is 6.46. The number of carbonyl (C=O) groups is 2. The number of rotatable bonds is 3. The highest BCUT2D eigenvalue weighted by Gasteiger charge is 2.21. The SMILES string of the molecule is CC(=O)c1cc(C(=O)Nc2nc3c(s2)CCC3)c(C)o1. The van der Waals surface area contributed by atoms with Gasteiger partial charge < -0.3 is 4.42 Å². The van der Waals surface area contributed by atoms with Gasteiger partial charge in [0.1, 0.15) is 5.76 Å². The van der Waals surface area contributed by atoms with Crippen molar-refractivity contribution < 1.29 is 14.0 Å². The minimum atomic E-state index is -0.286. The number of hydrogen-bond donors (Lipinski definition) is 1. The predicted octanol–water partition coefficient (Wildman–Crippen LogP) is 2.99. The van der Waals surface area contributed by atoms with E-state index >= 15 is 0 Å². The average Bonchev–Trinajstić information content (AvgIpc) is 3.02. The fraction of sp³-hybridized carbons (Fsp3) is 0.357. The molecular formula is C14H14N2O3S. The van der Waals surface area contributed by atoms with E-state index in [-0.39, 0.29) is 17.5 Å². The third-order valence-electron chi connectivity index (χ3n) is 3.33. The molecule has 6 heteroatoms. The lowest BCUT2D eigenvalue weighted by molar-refractivity contribution is 0.0983. The van der Waals surface area contributed by atoms with Crippen LogP contribution in [0.3, 0.4) is 0 Å². The van der Waals surface area contributed by atoms with Gasteiger partial charge in [-0.2, -0.15) is 0 Å². The number of Topliss-reactive ketones (excluding diaryl/α,β-unsaturated/α-hetero) is 1. The molecule has 1 N–H and O–H groups in total. The minimum Gasteiger partial charge on any atom is -0.457 e. The van der Waals surface area contributed by atoms with Crippen LogP contribution in [-0.4, -0.2) is 16.7 Å². The Balaban J connectivity index is 1.80. The second-order valence-corrected chi connectivity index (χ2v) is 5.92. The normalized spacial score (nSPS) is 13.3. The molecule has 1 aliphatic carbocycles. The molecular weight excluding hydrogens is 276 g/mol. The zero-order valence-electron chi connectivity index (χ0n) is 11.3. The Bertz CT molecular complexity index is 678. The molecule has 0 radical (unpaired) electrons. The van der Waals surface area contributed by atoms with Crippen LogP contribution in [0.1, 0.15) is 50.6 Å². The van der Waals surface area contributed by atoms with Crippen LogP contribution >= 0.6 is 11.3 Å². The van der Waals surface area contributed by atoms with Crippen LogP contribution in [0.4, 0.5) is 5.13 Å². The first kappa shape index (κ1) is 13.1. The molecule has 5 nitrogen and oxygen atoms in total. The molecule has 0 saturated heterocycles. The average molecular weight is 290 g/mol. The molecule has 0 aliphatic heterocycles. The van der Waals surface area contributed by atoms with Crippen LogP contribution in [0.15, 0.2) is 10.5 Å². The number of fused-ring (bicyclic) bond motifs is 1. The second-order valence-electron chi connectivity index (χ2n) is 4.83. The highest BCUT2D eigenvalue weighted by molar-refractivity contribution is 7.16. The fourth-order valence-corrected chi connectivity index (χ4v) is 3.33. The van der Waals surface area contributed by atoms with Crippen molar-refractivity contribution in [2.45, 2.75) is 33.1 Å². The Kier molecular flexibility index (Phi) is 3.17. The Hall–Kier alpha value is -1.95. The lowest BCUT2D eigenvalue weighted by Gasteiger charge is -1.99. The number of furan rings is 1. The van der Waals surface area contributed by atoms with Crippen LogP contribution in [0, 0.1) is 6.92 Å². The zero-order chi connectivity index (χ0) is 14.3. The lowest BCUT2D eigenvalue weighted by atomic mass is 10.2. The van der Waals surface area contributed by atoms with Gasteiger partial charge in [0.05, 0.1) is 11.3 Å². The van der Waals surface area contributed by atoms with Crippen molar-refractivity contribution in [2.24, 2.45) is 0 Å². The van der Waals surface area contributed by atoms with E-state index in [4.69, 9.17) is 4.42 Å². The van der Waals surface area contributed by atoms with Crippen LogP contribution in [0.5, 0.6) is 0 Å². The van der Waals surface area contributed by atoms with Gasteiger partial charge in [-0.15, -0.1) is 11.3 Å². The van der Waals surface area contributed by atoms with Crippen molar-refractivity contribution in [2.75, 3.05) is 5.32 Å². The minimum absolute atomic E-state index is 0.194. The van der Waals surface area contributed by atoms with Gasteiger partial charge in [0.2, 0.25) is 0 Å². The second kappa shape index (κ2) is 4.86. The van der Waals surface area contributed by atoms with Crippen molar-refractivity contribution >= 4 is 28.2 Å². The molecule has 2 aromatic heterocycles. The molecule has 0 spiro atoms. The number of thiazole rings is 1. The van der Waals surface area contributed by atoms with Crippen LogP contribution in [0.2, 0.25) is 0 Å². The summed E-state index contributed by atoms with van der Waals surface area (Å²) in [7, 11) is 0. The van der Waals surface area contributed by atoms with E-state index < -0.39 is 0 Å². The number of hydrogen-bond acceptors (Lipinski definition) is 5. The molecule has 0 aromatic carbocycles. The van der Waals surface area contributed by atoms with Crippen molar-refractivity contribution in [1.29, 1.82) is 0 Å². The van der Waals surface area contributed by atoms with Gasteiger partial charge in [-0.1, -0.05) is 0 Å². The topological polar surface area (TPSA) is 72.2 Å². The maximum absolute atomic E-state index is 12.2. The number of amides is 1. The molecule has 1 amide bonds. The number of aromatic nitrogens is 1. The van der Waals surface area contributed by atoms with E-state index in [0.717, 1.165) is 25.0 Å². The van der Waals surface area contributed by atoms with E-state index in [1.165, 1.54) is 29.2 Å². The number of anilines is 1. The summed E-state index contributed by atoms with van der Waals surface area (Å²) in [5.41, 5.74) is 1.48. The van der Waals surface area contributed by atoms with Crippen molar-refractivity contribution in [3.05, 3.63) is 33.7 Å². The Labute approximate surface area is 120 Å². The van der Waals surface area contributed by atoms with Gasteiger partial charge in [0.25, 0.3) is 5.91 Å².